The van der Waals surface area contributed by atoms with Gasteiger partial charge in [0.15, 0.2) is 11.5 Å². The SMILES string of the molecule is O=C(O)Nc1cc(CCCCc2nc3ccc(CNC[C@H](O)c4ccc(O)c5[nH]c(=O)ccc45)cc3o2)ccc1-c1ccccc1. The van der Waals surface area contributed by atoms with Crippen molar-refractivity contribution < 1.29 is 24.5 Å². The van der Waals surface area contributed by atoms with Crippen LogP contribution in [-0.2, 0) is 19.4 Å². The number of benzene rings is 4. The van der Waals surface area contributed by atoms with Gasteiger partial charge in [-0.1, -0.05) is 54.6 Å². The second-order valence-corrected chi connectivity index (χ2v) is 11.2. The van der Waals surface area contributed by atoms with Crippen LogP contribution >= 0.6 is 0 Å². The van der Waals surface area contributed by atoms with Gasteiger partial charge in [-0.25, -0.2) is 9.78 Å². The highest BCUT2D eigenvalue weighted by Gasteiger charge is 2.15. The predicted octanol–water partition coefficient (Wildman–Crippen LogP) is 6.52. The van der Waals surface area contributed by atoms with E-state index in [0.717, 1.165) is 47.0 Å². The smallest absolute Gasteiger partial charge is 0.409 e. The van der Waals surface area contributed by atoms with Gasteiger partial charge in [-0.05, 0) is 71.8 Å². The maximum absolute atomic E-state index is 11.7. The lowest BCUT2D eigenvalue weighted by Crippen LogP contribution is -2.21. The third-order valence-electron chi connectivity index (χ3n) is 7.95. The molecule has 0 aliphatic rings. The summed E-state index contributed by atoms with van der Waals surface area (Å²) in [5.74, 6) is 0.620. The van der Waals surface area contributed by atoms with Crippen LogP contribution in [0.3, 0.4) is 0 Å². The zero-order valence-electron chi connectivity index (χ0n) is 25.0. The molecular formula is C36H34N4O6. The summed E-state index contributed by atoms with van der Waals surface area (Å²) in [4.78, 5) is 30.3. The summed E-state index contributed by atoms with van der Waals surface area (Å²) in [7, 11) is 0. The number of amides is 1. The molecule has 0 aliphatic heterocycles. The molecule has 10 nitrogen and oxygen atoms in total. The lowest BCUT2D eigenvalue weighted by atomic mass is 9.99. The number of anilines is 1. The molecule has 2 aromatic heterocycles. The summed E-state index contributed by atoms with van der Waals surface area (Å²) in [6.07, 6.45) is 1.28. The molecule has 46 heavy (non-hydrogen) atoms. The lowest BCUT2D eigenvalue weighted by molar-refractivity contribution is 0.176. The Balaban J connectivity index is 1.02. The highest BCUT2D eigenvalue weighted by Crippen LogP contribution is 2.30. The molecule has 0 bridgehead atoms. The number of carboxylic acid groups (broad SMARTS) is 1. The van der Waals surface area contributed by atoms with E-state index in [2.05, 4.69) is 20.6 Å². The first-order valence-corrected chi connectivity index (χ1v) is 15.1. The van der Waals surface area contributed by atoms with Crippen molar-refractivity contribution in [3.05, 3.63) is 124 Å². The Morgan fingerprint density at radius 2 is 1.72 bits per heavy atom. The first-order valence-electron chi connectivity index (χ1n) is 15.1. The molecule has 234 valence electrons. The van der Waals surface area contributed by atoms with Crippen LogP contribution < -0.4 is 16.2 Å². The summed E-state index contributed by atoms with van der Waals surface area (Å²) in [5.41, 5.74) is 6.46. The first-order chi connectivity index (χ1) is 22.3. The van der Waals surface area contributed by atoms with Gasteiger partial charge < -0.3 is 30.0 Å². The van der Waals surface area contributed by atoms with Crippen LogP contribution in [0.2, 0.25) is 0 Å². The molecule has 0 spiro atoms. The minimum atomic E-state index is -1.09. The van der Waals surface area contributed by atoms with Gasteiger partial charge in [0.05, 0.1) is 17.3 Å². The molecule has 0 fully saturated rings. The molecule has 0 unspecified atom stereocenters. The van der Waals surface area contributed by atoms with Gasteiger partial charge in [0.25, 0.3) is 0 Å². The van der Waals surface area contributed by atoms with Crippen molar-refractivity contribution in [2.24, 2.45) is 0 Å². The number of H-pyrrole nitrogens is 1. The largest absolute Gasteiger partial charge is 0.506 e. The average molecular weight is 619 g/mol. The van der Waals surface area contributed by atoms with Gasteiger partial charge in [-0.15, -0.1) is 0 Å². The molecule has 6 rings (SSSR count). The Hall–Kier alpha value is -5.45. The molecule has 6 N–H and O–H groups in total. The highest BCUT2D eigenvalue weighted by atomic mass is 16.4. The van der Waals surface area contributed by atoms with Crippen LogP contribution in [0.5, 0.6) is 5.75 Å². The number of aryl methyl sites for hydroxylation is 2. The number of unbranched alkanes of at least 4 members (excludes halogenated alkanes) is 1. The first kappa shape index (κ1) is 30.6. The number of hydrogen-bond donors (Lipinski definition) is 6. The molecule has 0 saturated carbocycles. The molecule has 10 heteroatoms. The van der Waals surface area contributed by atoms with Gasteiger partial charge in [-0.2, -0.15) is 0 Å². The molecule has 1 atom stereocenters. The second kappa shape index (κ2) is 13.7. The maximum Gasteiger partial charge on any atom is 0.409 e. The molecular weight excluding hydrogens is 584 g/mol. The van der Waals surface area contributed by atoms with Gasteiger partial charge in [0.1, 0.15) is 11.3 Å². The summed E-state index contributed by atoms with van der Waals surface area (Å²) in [5, 5.41) is 36.7. The fourth-order valence-electron chi connectivity index (χ4n) is 5.69. The van der Waals surface area contributed by atoms with Crippen molar-refractivity contribution in [3.63, 3.8) is 0 Å². The van der Waals surface area contributed by atoms with E-state index in [1.54, 1.807) is 12.1 Å². The fraction of sp³-hybridized carbons (Fsp3) is 0.194. The molecule has 0 saturated heterocycles. The third-order valence-corrected chi connectivity index (χ3v) is 7.95. The Labute approximate surface area is 264 Å². The number of aromatic hydroxyl groups is 1. The third kappa shape index (κ3) is 7.09. The number of carbonyl (C=O) groups is 1. The maximum atomic E-state index is 11.7. The number of aliphatic hydroxyl groups is 1. The van der Waals surface area contributed by atoms with Gasteiger partial charge >= 0.3 is 6.09 Å². The van der Waals surface area contributed by atoms with E-state index < -0.39 is 12.2 Å². The Morgan fingerprint density at radius 3 is 2.54 bits per heavy atom. The second-order valence-electron chi connectivity index (χ2n) is 11.2. The topological polar surface area (TPSA) is 161 Å². The van der Waals surface area contributed by atoms with E-state index in [-0.39, 0.29) is 17.9 Å². The van der Waals surface area contributed by atoms with E-state index in [1.807, 2.05) is 66.7 Å². The number of aliphatic hydroxyl groups excluding tert-OH is 1. The molecule has 0 radical (unpaired) electrons. The standard InChI is InChI=1S/C36H34N4O6/c41-30-16-13-26(27-14-17-33(43)40-35(27)30)31(42)21-37-20-23-11-15-28-32(19-23)46-34(38-28)9-5-4-6-22-10-12-25(24-7-2-1-3-8-24)29(18-22)39-36(44)45/h1-3,7-8,10-19,31,37,39,41-42H,4-6,9,20-21H2,(H,40,43)(H,44,45)/t31-/m0/s1. The fourth-order valence-corrected chi connectivity index (χ4v) is 5.69. The van der Waals surface area contributed by atoms with E-state index in [9.17, 15) is 24.9 Å². The van der Waals surface area contributed by atoms with Crippen LogP contribution in [0, 0.1) is 0 Å². The predicted molar refractivity (Wildman–Crippen MR) is 177 cm³/mol. The number of fused-ring (bicyclic) bond motifs is 2. The van der Waals surface area contributed by atoms with Crippen molar-refractivity contribution >= 4 is 33.8 Å². The van der Waals surface area contributed by atoms with Crippen LogP contribution in [0.1, 0.15) is 41.5 Å². The minimum absolute atomic E-state index is 0.0470. The molecule has 2 heterocycles. The number of rotatable bonds is 12. The van der Waals surface area contributed by atoms with Crippen LogP contribution in [0.4, 0.5) is 10.5 Å². The Kier molecular flexibility index (Phi) is 9.09. The zero-order chi connectivity index (χ0) is 32.0. The average Bonchev–Trinajstić information content (AvgIpc) is 3.46. The number of phenolic OH excluding ortho intramolecular Hbond substituents is 1. The van der Waals surface area contributed by atoms with E-state index >= 15 is 0 Å². The van der Waals surface area contributed by atoms with Gasteiger partial charge in [0.2, 0.25) is 5.56 Å². The number of pyridine rings is 1. The summed E-state index contributed by atoms with van der Waals surface area (Å²) < 4.78 is 6.04. The highest BCUT2D eigenvalue weighted by molar-refractivity contribution is 5.91. The summed E-state index contributed by atoms with van der Waals surface area (Å²) in [6, 6.07) is 27.5. The minimum Gasteiger partial charge on any atom is -0.506 e. The van der Waals surface area contributed by atoms with Crippen LogP contribution in [0.25, 0.3) is 33.1 Å². The number of nitrogens with one attached hydrogen (secondary N) is 3. The number of hydrogen-bond acceptors (Lipinski definition) is 7. The number of phenols is 1. The van der Waals surface area contributed by atoms with Crippen molar-refractivity contribution in [2.45, 2.75) is 38.3 Å². The van der Waals surface area contributed by atoms with Crippen molar-refractivity contribution in [3.8, 4) is 16.9 Å². The quantitative estimate of drug-likeness (QED) is 0.0845. The number of nitrogens with zero attached hydrogens (tertiary/aromatic N) is 1. The molecule has 0 aliphatic carbocycles. The molecule has 4 aromatic carbocycles. The number of aromatic amines is 1. The Bertz CT molecular complexity index is 2050. The van der Waals surface area contributed by atoms with E-state index in [1.165, 1.54) is 12.1 Å². The number of oxazole rings is 1. The van der Waals surface area contributed by atoms with Crippen molar-refractivity contribution in [2.75, 3.05) is 11.9 Å². The van der Waals surface area contributed by atoms with E-state index in [0.29, 0.717) is 46.6 Å². The molecule has 1 amide bonds. The normalized spacial score (nSPS) is 12.0. The van der Waals surface area contributed by atoms with Crippen LogP contribution in [0.15, 0.2) is 100 Å². The zero-order valence-corrected chi connectivity index (χ0v) is 25.0. The van der Waals surface area contributed by atoms with E-state index in [4.69, 9.17) is 4.42 Å². The monoisotopic (exact) mass is 618 g/mol. The van der Waals surface area contributed by atoms with Gasteiger partial charge in [0, 0.05) is 36.5 Å². The van der Waals surface area contributed by atoms with Crippen molar-refractivity contribution in [1.29, 1.82) is 0 Å². The molecule has 6 aromatic rings. The lowest BCUT2D eigenvalue weighted by Gasteiger charge is -2.15. The van der Waals surface area contributed by atoms with Crippen molar-refractivity contribution in [1.82, 2.24) is 15.3 Å². The number of aromatic nitrogens is 2. The van der Waals surface area contributed by atoms with Crippen LogP contribution in [-0.4, -0.2) is 37.9 Å². The Morgan fingerprint density at radius 1 is 0.913 bits per heavy atom. The van der Waals surface area contributed by atoms with Gasteiger partial charge in [-0.3, -0.25) is 10.1 Å². The summed E-state index contributed by atoms with van der Waals surface area (Å²) in [6.45, 7) is 0.763. The summed E-state index contributed by atoms with van der Waals surface area (Å²) >= 11 is 0.